The minimum absolute atomic E-state index is 0.425. The van der Waals surface area contributed by atoms with E-state index in [4.69, 9.17) is 14.3 Å². The third-order valence-electron chi connectivity index (χ3n) is 6.88. The van der Waals surface area contributed by atoms with Gasteiger partial charge in [0.15, 0.2) is 5.82 Å². The van der Waals surface area contributed by atoms with Crippen LogP contribution in [-0.4, -0.2) is 29.6 Å². The second-order valence-corrected chi connectivity index (χ2v) is 9.46. The SMILES string of the molecule is CCCCC1=C(Cc2ccc(-c3ccccc3-c3noc(=O)[nH]3)cc2)CN(c2cccc(OC)c2)C(C)=N1. The fourth-order valence-electron chi connectivity index (χ4n) is 4.86. The van der Waals surface area contributed by atoms with Crippen molar-refractivity contribution in [3.8, 4) is 28.3 Å². The van der Waals surface area contributed by atoms with Gasteiger partial charge in [0.25, 0.3) is 0 Å². The van der Waals surface area contributed by atoms with Crippen LogP contribution in [0.4, 0.5) is 5.69 Å². The van der Waals surface area contributed by atoms with Crippen molar-refractivity contribution < 1.29 is 9.26 Å². The fourth-order valence-corrected chi connectivity index (χ4v) is 4.86. The Balaban J connectivity index is 1.42. The van der Waals surface area contributed by atoms with Gasteiger partial charge in [0.1, 0.15) is 11.6 Å². The van der Waals surface area contributed by atoms with Crippen molar-refractivity contribution >= 4 is 11.5 Å². The van der Waals surface area contributed by atoms with Gasteiger partial charge >= 0.3 is 5.76 Å². The van der Waals surface area contributed by atoms with Crippen LogP contribution in [0.2, 0.25) is 0 Å². The number of aromatic nitrogens is 2. The Bertz CT molecular complexity index is 1530. The van der Waals surface area contributed by atoms with E-state index in [1.165, 1.54) is 16.8 Å². The number of hydrogen-bond acceptors (Lipinski definition) is 6. The van der Waals surface area contributed by atoms with E-state index in [0.29, 0.717) is 5.82 Å². The van der Waals surface area contributed by atoms with Gasteiger partial charge in [-0.1, -0.05) is 73.1 Å². The molecule has 0 aliphatic carbocycles. The summed E-state index contributed by atoms with van der Waals surface area (Å²) in [5.74, 6) is 1.70. The molecule has 0 spiro atoms. The number of hydrogen-bond donors (Lipinski definition) is 1. The molecule has 1 aromatic heterocycles. The summed E-state index contributed by atoms with van der Waals surface area (Å²) in [6.45, 7) is 5.09. The number of unbranched alkanes of at least 4 members (excludes halogenated alkanes) is 1. The summed E-state index contributed by atoms with van der Waals surface area (Å²) in [5.41, 5.74) is 7.69. The monoisotopic (exact) mass is 508 g/mol. The van der Waals surface area contributed by atoms with Crippen LogP contribution in [0.5, 0.6) is 5.75 Å². The zero-order chi connectivity index (χ0) is 26.5. The average Bonchev–Trinajstić information content (AvgIpc) is 3.39. The molecule has 0 saturated heterocycles. The number of nitrogens with zero attached hydrogens (tertiary/aromatic N) is 3. The smallest absolute Gasteiger partial charge is 0.439 e. The summed E-state index contributed by atoms with van der Waals surface area (Å²) in [6, 6.07) is 24.6. The Hall–Kier alpha value is -4.39. The number of nitrogens with one attached hydrogen (secondary N) is 1. The van der Waals surface area contributed by atoms with Crippen molar-refractivity contribution in [1.29, 1.82) is 0 Å². The number of rotatable bonds is 9. The molecule has 1 aliphatic rings. The average molecular weight is 509 g/mol. The highest BCUT2D eigenvalue weighted by atomic mass is 16.5. The minimum Gasteiger partial charge on any atom is -0.497 e. The van der Waals surface area contributed by atoms with Gasteiger partial charge in [-0.3, -0.25) is 9.51 Å². The maximum atomic E-state index is 11.5. The van der Waals surface area contributed by atoms with Gasteiger partial charge < -0.3 is 9.64 Å². The number of benzene rings is 3. The minimum atomic E-state index is -0.564. The van der Waals surface area contributed by atoms with Crippen LogP contribution in [0.1, 0.15) is 38.7 Å². The molecule has 0 amide bonds. The zero-order valence-corrected chi connectivity index (χ0v) is 22.0. The van der Waals surface area contributed by atoms with Crippen LogP contribution in [0.3, 0.4) is 0 Å². The lowest BCUT2D eigenvalue weighted by atomic mass is 9.95. The first-order valence-electron chi connectivity index (χ1n) is 13.0. The molecule has 194 valence electrons. The molecule has 7 heteroatoms. The lowest BCUT2D eigenvalue weighted by Crippen LogP contribution is -2.34. The number of methoxy groups -OCH3 is 1. The van der Waals surface area contributed by atoms with Crippen LogP contribution in [0, 0.1) is 0 Å². The van der Waals surface area contributed by atoms with Gasteiger partial charge in [-0.2, -0.15) is 0 Å². The Morgan fingerprint density at radius 3 is 2.53 bits per heavy atom. The van der Waals surface area contributed by atoms with Crippen LogP contribution in [0.25, 0.3) is 22.5 Å². The quantitative estimate of drug-likeness (QED) is 0.274. The Morgan fingerprint density at radius 1 is 1.03 bits per heavy atom. The Morgan fingerprint density at radius 2 is 1.82 bits per heavy atom. The molecular weight excluding hydrogens is 476 g/mol. The van der Waals surface area contributed by atoms with Gasteiger partial charge in [0.2, 0.25) is 0 Å². The molecule has 2 heterocycles. The first-order chi connectivity index (χ1) is 18.6. The summed E-state index contributed by atoms with van der Waals surface area (Å²) in [5, 5.41) is 3.87. The summed E-state index contributed by atoms with van der Waals surface area (Å²) in [4.78, 5) is 21.5. The molecule has 38 heavy (non-hydrogen) atoms. The van der Waals surface area contributed by atoms with Crippen molar-refractivity contribution in [3.05, 3.63) is 100 Å². The largest absolute Gasteiger partial charge is 0.497 e. The van der Waals surface area contributed by atoms with Crippen LogP contribution < -0.4 is 15.4 Å². The molecule has 0 atom stereocenters. The molecule has 3 aromatic carbocycles. The topological polar surface area (TPSA) is 83.7 Å². The Labute approximate surface area is 222 Å². The van der Waals surface area contributed by atoms with E-state index < -0.39 is 5.76 Å². The third kappa shape index (κ3) is 5.47. The highest BCUT2D eigenvalue weighted by Crippen LogP contribution is 2.32. The van der Waals surface area contributed by atoms with Crippen molar-refractivity contribution in [1.82, 2.24) is 10.1 Å². The molecule has 4 aromatic rings. The molecule has 0 radical (unpaired) electrons. The van der Waals surface area contributed by atoms with Gasteiger partial charge in [0, 0.05) is 29.6 Å². The summed E-state index contributed by atoms with van der Waals surface area (Å²) in [6.07, 6.45) is 4.07. The van der Waals surface area contributed by atoms with Gasteiger partial charge in [-0.15, -0.1) is 0 Å². The van der Waals surface area contributed by atoms with Gasteiger partial charge in [0.05, 0.1) is 7.11 Å². The normalized spacial score (nSPS) is 13.6. The van der Waals surface area contributed by atoms with E-state index in [9.17, 15) is 4.79 Å². The maximum absolute atomic E-state index is 11.5. The van der Waals surface area contributed by atoms with Crippen molar-refractivity contribution in [3.63, 3.8) is 0 Å². The number of allylic oxidation sites excluding steroid dienone is 1. The number of amidine groups is 1. The van der Waals surface area contributed by atoms with E-state index in [2.05, 4.69) is 65.3 Å². The van der Waals surface area contributed by atoms with Gasteiger partial charge in [-0.05, 0) is 60.6 Å². The number of anilines is 1. The number of aromatic amines is 1. The summed E-state index contributed by atoms with van der Waals surface area (Å²) >= 11 is 0. The summed E-state index contributed by atoms with van der Waals surface area (Å²) < 4.78 is 10.2. The molecule has 1 aliphatic heterocycles. The predicted molar refractivity (Wildman–Crippen MR) is 152 cm³/mol. The number of H-pyrrole nitrogens is 1. The second kappa shape index (κ2) is 11.3. The van der Waals surface area contributed by atoms with Crippen molar-refractivity contribution in [2.75, 3.05) is 18.6 Å². The van der Waals surface area contributed by atoms with Crippen molar-refractivity contribution in [2.45, 2.75) is 39.5 Å². The molecule has 7 nitrogen and oxygen atoms in total. The zero-order valence-electron chi connectivity index (χ0n) is 22.0. The maximum Gasteiger partial charge on any atom is 0.439 e. The van der Waals surface area contributed by atoms with E-state index in [1.54, 1.807) is 7.11 Å². The molecule has 1 N–H and O–H groups in total. The van der Waals surface area contributed by atoms with Crippen LogP contribution in [-0.2, 0) is 6.42 Å². The lowest BCUT2D eigenvalue weighted by Gasteiger charge is -2.31. The van der Waals surface area contributed by atoms with Crippen LogP contribution in [0.15, 0.2) is 98.4 Å². The van der Waals surface area contributed by atoms with Gasteiger partial charge in [-0.25, -0.2) is 9.79 Å². The first kappa shape index (κ1) is 25.3. The molecule has 0 unspecified atom stereocenters. The number of aliphatic imine (C=N–C) groups is 1. The molecule has 5 rings (SSSR count). The van der Waals surface area contributed by atoms with Crippen LogP contribution >= 0.6 is 0 Å². The molecular formula is C31H32N4O3. The number of ether oxygens (including phenoxy) is 1. The van der Waals surface area contributed by atoms with E-state index in [0.717, 1.165) is 66.2 Å². The first-order valence-corrected chi connectivity index (χ1v) is 13.0. The fraction of sp³-hybridized carbons (Fsp3) is 0.258. The highest BCUT2D eigenvalue weighted by molar-refractivity contribution is 5.98. The van der Waals surface area contributed by atoms with E-state index in [1.807, 2.05) is 36.4 Å². The molecule has 0 fully saturated rings. The Kier molecular flexibility index (Phi) is 7.54. The lowest BCUT2D eigenvalue weighted by molar-refractivity contribution is 0.388. The third-order valence-corrected chi connectivity index (χ3v) is 6.88. The highest BCUT2D eigenvalue weighted by Gasteiger charge is 2.21. The standard InChI is InChI=1S/C31H32N4O3/c1-4-5-13-29-24(20-35(21(2)32-29)25-9-8-10-26(19-25)37-3)18-22-14-16-23(17-15-22)27-11-6-7-12-28(27)30-33-31(36)38-34-30/h6-12,14-17,19H,4-5,13,18,20H2,1-3H3,(H,33,34,36). The summed E-state index contributed by atoms with van der Waals surface area (Å²) in [7, 11) is 1.69. The predicted octanol–water partition coefficient (Wildman–Crippen LogP) is 6.63. The second-order valence-electron chi connectivity index (χ2n) is 9.46. The molecule has 0 saturated carbocycles. The van der Waals surface area contributed by atoms with E-state index in [-0.39, 0.29) is 0 Å². The molecule has 0 bridgehead atoms. The van der Waals surface area contributed by atoms with Crippen molar-refractivity contribution in [2.24, 2.45) is 4.99 Å². The van der Waals surface area contributed by atoms with E-state index >= 15 is 0 Å².